The highest BCUT2D eigenvalue weighted by Gasteiger charge is 2.31. The smallest absolute Gasteiger partial charge is 0.317 e. The first-order chi connectivity index (χ1) is 7.18. The highest BCUT2D eigenvalue weighted by Crippen LogP contribution is 2.26. The van der Waals surface area contributed by atoms with Crippen molar-refractivity contribution in [1.82, 2.24) is 5.32 Å². The molecule has 1 aromatic rings. The molecule has 78 valence electrons. The van der Waals surface area contributed by atoms with E-state index in [4.69, 9.17) is 9.84 Å². The van der Waals surface area contributed by atoms with E-state index in [-0.39, 0.29) is 12.3 Å². The molecular weight excluding hydrogens is 198 g/mol. The summed E-state index contributed by atoms with van der Waals surface area (Å²) in [7, 11) is 0. The Bertz CT molecular complexity index is 416. The number of benzene rings is 1. The molecule has 0 spiro atoms. The van der Waals surface area contributed by atoms with Crippen LogP contribution in [0.3, 0.4) is 0 Å². The molecule has 2 rings (SSSR count). The lowest BCUT2D eigenvalue weighted by Gasteiger charge is -2.08. The summed E-state index contributed by atoms with van der Waals surface area (Å²) < 4.78 is 5.25. The molecule has 1 atom stereocenters. The molecule has 0 aliphatic carbocycles. The SMILES string of the molecule is O=C(O)CN[C@H]1Oc2ccccc2C1=O. The van der Waals surface area contributed by atoms with Crippen molar-refractivity contribution in [3.63, 3.8) is 0 Å². The van der Waals surface area contributed by atoms with Crippen molar-refractivity contribution in [2.24, 2.45) is 0 Å². The third-order valence-corrected chi connectivity index (χ3v) is 2.07. The second kappa shape index (κ2) is 3.70. The van der Waals surface area contributed by atoms with Gasteiger partial charge in [0.15, 0.2) is 0 Å². The van der Waals surface area contributed by atoms with E-state index in [0.29, 0.717) is 11.3 Å². The summed E-state index contributed by atoms with van der Waals surface area (Å²) >= 11 is 0. The molecule has 1 heterocycles. The van der Waals surface area contributed by atoms with Crippen molar-refractivity contribution < 1.29 is 19.4 Å². The molecule has 15 heavy (non-hydrogen) atoms. The molecular formula is C10H9NO4. The normalized spacial score (nSPS) is 18.4. The van der Waals surface area contributed by atoms with Crippen molar-refractivity contribution in [3.8, 4) is 5.75 Å². The molecule has 1 aliphatic heterocycles. The summed E-state index contributed by atoms with van der Waals surface area (Å²) in [6.07, 6.45) is -0.876. The van der Waals surface area contributed by atoms with E-state index in [1.165, 1.54) is 0 Å². The van der Waals surface area contributed by atoms with Crippen LogP contribution in [0.15, 0.2) is 24.3 Å². The molecule has 0 radical (unpaired) electrons. The first-order valence-electron chi connectivity index (χ1n) is 4.43. The van der Waals surface area contributed by atoms with Crippen LogP contribution >= 0.6 is 0 Å². The van der Waals surface area contributed by atoms with Crippen molar-refractivity contribution >= 4 is 11.8 Å². The number of ketones is 1. The number of hydrogen-bond acceptors (Lipinski definition) is 4. The quantitative estimate of drug-likeness (QED) is 0.743. The molecule has 1 aromatic carbocycles. The fourth-order valence-corrected chi connectivity index (χ4v) is 1.41. The Morgan fingerprint density at radius 3 is 2.87 bits per heavy atom. The number of carbonyl (C=O) groups is 2. The third-order valence-electron chi connectivity index (χ3n) is 2.07. The first kappa shape index (κ1) is 9.67. The number of carbonyl (C=O) groups excluding carboxylic acids is 1. The summed E-state index contributed by atoms with van der Waals surface area (Å²) in [6, 6.07) is 6.82. The average Bonchev–Trinajstić information content (AvgIpc) is 2.54. The van der Waals surface area contributed by atoms with Crippen molar-refractivity contribution in [3.05, 3.63) is 29.8 Å². The molecule has 0 saturated carbocycles. The monoisotopic (exact) mass is 207 g/mol. The van der Waals surface area contributed by atoms with Gasteiger partial charge in [0.25, 0.3) is 0 Å². The van der Waals surface area contributed by atoms with Crippen LogP contribution in [0.4, 0.5) is 0 Å². The molecule has 0 unspecified atom stereocenters. The predicted octanol–water partition coefficient (Wildman–Crippen LogP) is 0.262. The predicted molar refractivity (Wildman–Crippen MR) is 50.8 cm³/mol. The zero-order valence-electron chi connectivity index (χ0n) is 7.77. The van der Waals surface area contributed by atoms with Gasteiger partial charge in [0, 0.05) is 0 Å². The maximum absolute atomic E-state index is 11.6. The number of nitrogens with one attached hydrogen (secondary N) is 1. The first-order valence-corrected chi connectivity index (χ1v) is 4.43. The van der Waals surface area contributed by atoms with Crippen LogP contribution in [0.25, 0.3) is 0 Å². The van der Waals surface area contributed by atoms with Crippen LogP contribution in [0, 0.1) is 0 Å². The van der Waals surface area contributed by atoms with Crippen molar-refractivity contribution in [1.29, 1.82) is 0 Å². The maximum atomic E-state index is 11.6. The maximum Gasteiger partial charge on any atom is 0.317 e. The third kappa shape index (κ3) is 1.82. The van der Waals surface area contributed by atoms with Gasteiger partial charge in [-0.05, 0) is 12.1 Å². The summed E-state index contributed by atoms with van der Waals surface area (Å²) in [4.78, 5) is 21.9. The zero-order valence-corrected chi connectivity index (χ0v) is 7.77. The number of rotatable bonds is 3. The number of fused-ring (bicyclic) bond motifs is 1. The van der Waals surface area contributed by atoms with Crippen LogP contribution in [0.5, 0.6) is 5.75 Å². The van der Waals surface area contributed by atoms with Gasteiger partial charge in [-0.2, -0.15) is 0 Å². The van der Waals surface area contributed by atoms with Crippen LogP contribution < -0.4 is 10.1 Å². The van der Waals surface area contributed by atoms with Gasteiger partial charge in [-0.15, -0.1) is 0 Å². The Hall–Kier alpha value is -1.88. The lowest BCUT2D eigenvalue weighted by molar-refractivity contribution is -0.136. The van der Waals surface area contributed by atoms with Crippen molar-refractivity contribution in [2.75, 3.05) is 6.54 Å². The summed E-state index contributed by atoms with van der Waals surface area (Å²) in [5.74, 6) is -0.764. The van der Waals surface area contributed by atoms with E-state index < -0.39 is 12.2 Å². The van der Waals surface area contributed by atoms with Gasteiger partial charge in [-0.25, -0.2) is 0 Å². The topological polar surface area (TPSA) is 75.6 Å². The molecule has 0 amide bonds. The van der Waals surface area contributed by atoms with E-state index in [9.17, 15) is 9.59 Å². The fraction of sp³-hybridized carbons (Fsp3) is 0.200. The minimum absolute atomic E-state index is 0.230. The van der Waals surface area contributed by atoms with Gasteiger partial charge < -0.3 is 9.84 Å². The minimum atomic E-state index is -1.03. The molecule has 0 fully saturated rings. The number of carboxylic acid groups (broad SMARTS) is 1. The highest BCUT2D eigenvalue weighted by molar-refractivity contribution is 6.04. The molecule has 1 aliphatic rings. The van der Waals surface area contributed by atoms with E-state index in [0.717, 1.165) is 0 Å². The van der Waals surface area contributed by atoms with Gasteiger partial charge in [-0.1, -0.05) is 12.1 Å². The summed E-state index contributed by atoms with van der Waals surface area (Å²) in [5.41, 5.74) is 0.486. The van der Waals surface area contributed by atoms with Crippen LogP contribution in [0.1, 0.15) is 10.4 Å². The Balaban J connectivity index is 2.10. The Labute approximate surface area is 85.7 Å². The van der Waals surface area contributed by atoms with Crippen LogP contribution in [0.2, 0.25) is 0 Å². The Kier molecular flexibility index (Phi) is 2.39. The van der Waals surface area contributed by atoms with Gasteiger partial charge in [0.05, 0.1) is 12.1 Å². The van der Waals surface area contributed by atoms with Gasteiger partial charge >= 0.3 is 5.97 Å². The molecule has 2 N–H and O–H groups in total. The van der Waals surface area contributed by atoms with E-state index >= 15 is 0 Å². The lowest BCUT2D eigenvalue weighted by atomic mass is 10.1. The molecule has 5 nitrogen and oxygen atoms in total. The number of ether oxygens (including phenoxy) is 1. The average molecular weight is 207 g/mol. The lowest BCUT2D eigenvalue weighted by Crippen LogP contribution is -2.40. The highest BCUT2D eigenvalue weighted by atomic mass is 16.5. The minimum Gasteiger partial charge on any atom is -0.480 e. The summed E-state index contributed by atoms with van der Waals surface area (Å²) in [5, 5.41) is 11.0. The van der Waals surface area contributed by atoms with E-state index in [1.54, 1.807) is 24.3 Å². The number of carboxylic acids is 1. The molecule has 0 bridgehead atoms. The van der Waals surface area contributed by atoms with Gasteiger partial charge in [-0.3, -0.25) is 14.9 Å². The van der Waals surface area contributed by atoms with Gasteiger partial charge in [0.2, 0.25) is 12.0 Å². The van der Waals surface area contributed by atoms with Crippen LogP contribution in [-0.4, -0.2) is 29.6 Å². The van der Waals surface area contributed by atoms with Crippen molar-refractivity contribution in [2.45, 2.75) is 6.23 Å². The fourth-order valence-electron chi connectivity index (χ4n) is 1.41. The zero-order chi connectivity index (χ0) is 10.8. The standard InChI is InChI=1S/C10H9NO4/c12-8(13)5-11-10-9(14)6-3-1-2-4-7(6)15-10/h1-4,10-11H,5H2,(H,12,13)/t10-/m0/s1. The Morgan fingerprint density at radius 2 is 2.20 bits per heavy atom. The van der Waals surface area contributed by atoms with Crippen LogP contribution in [-0.2, 0) is 4.79 Å². The number of Topliss-reactive ketones (excluding diaryl/α,β-unsaturated/α-hetero) is 1. The molecule has 0 aromatic heterocycles. The number of hydrogen-bond donors (Lipinski definition) is 2. The molecule has 5 heteroatoms. The second-order valence-electron chi connectivity index (χ2n) is 3.13. The molecule has 0 saturated heterocycles. The van der Waals surface area contributed by atoms with Gasteiger partial charge in [0.1, 0.15) is 5.75 Å². The number of aliphatic carboxylic acids is 1. The number of para-hydroxylation sites is 1. The summed E-state index contributed by atoms with van der Waals surface area (Å²) in [6.45, 7) is -0.301. The van der Waals surface area contributed by atoms with E-state index in [2.05, 4.69) is 5.32 Å². The Morgan fingerprint density at radius 1 is 1.47 bits per heavy atom. The largest absolute Gasteiger partial charge is 0.480 e. The second-order valence-corrected chi connectivity index (χ2v) is 3.13. The van der Waals surface area contributed by atoms with E-state index in [1.807, 2.05) is 0 Å².